The zero-order chi connectivity index (χ0) is 34.8. The fraction of sp³-hybridized carbons (Fsp3) is 0.130. The van der Waals surface area contributed by atoms with Crippen LogP contribution in [0.3, 0.4) is 0 Å². The summed E-state index contributed by atoms with van der Waals surface area (Å²) < 4.78 is 11.5. The number of fused-ring (bicyclic) bond motifs is 14. The summed E-state index contributed by atoms with van der Waals surface area (Å²) in [5.74, 6) is 1.81. The van der Waals surface area contributed by atoms with E-state index in [-0.39, 0.29) is 12.1 Å². The predicted molar refractivity (Wildman–Crippen MR) is 216 cm³/mol. The van der Waals surface area contributed by atoms with Crippen LogP contribution >= 0.6 is 0 Å². The lowest BCUT2D eigenvalue weighted by atomic mass is 9.33. The predicted octanol–water partition coefficient (Wildman–Crippen LogP) is 9.27. The number of nitrogens with zero attached hydrogens (tertiary/aromatic N) is 4. The van der Waals surface area contributed by atoms with Crippen molar-refractivity contribution < 1.29 is 4.42 Å². The molecule has 2 aliphatic heterocycles. The van der Waals surface area contributed by atoms with Gasteiger partial charge in [0, 0.05) is 16.4 Å². The SMILES string of the molecule is Cc1cccc(C)c1-c1ccc2c3c4n(c5c6c(ccc5n4c2c1)oc1ccccc16)-c1nc(C(C)(C)C)nc2c1B3c1cccc3cccc-2c13. The lowest BCUT2D eigenvalue weighted by molar-refractivity contribution is 0.545. The molecule has 0 spiro atoms. The normalized spacial score (nSPS) is 13.4. The first-order valence-electron chi connectivity index (χ1n) is 18.2. The molecule has 6 aromatic carbocycles. The van der Waals surface area contributed by atoms with Crippen molar-refractivity contribution in [2.45, 2.75) is 40.0 Å². The first-order chi connectivity index (χ1) is 25.3. The summed E-state index contributed by atoms with van der Waals surface area (Å²) in [7, 11) is 0. The Labute approximate surface area is 300 Å². The highest BCUT2D eigenvalue weighted by molar-refractivity contribution is 7.01. The number of aryl methyl sites for hydroxylation is 2. The van der Waals surface area contributed by atoms with E-state index >= 15 is 0 Å². The van der Waals surface area contributed by atoms with E-state index in [1.54, 1.807) is 0 Å². The molecule has 0 atom stereocenters. The third kappa shape index (κ3) is 3.36. The van der Waals surface area contributed by atoms with Crippen molar-refractivity contribution in [3.05, 3.63) is 126 Å². The summed E-state index contributed by atoms with van der Waals surface area (Å²) in [6.45, 7) is 11.1. The summed E-state index contributed by atoms with van der Waals surface area (Å²) >= 11 is 0. The van der Waals surface area contributed by atoms with Crippen molar-refractivity contribution in [3.63, 3.8) is 0 Å². The second-order valence-corrected chi connectivity index (χ2v) is 15.9. The van der Waals surface area contributed by atoms with Gasteiger partial charge < -0.3 is 4.42 Å². The zero-order valence-electron chi connectivity index (χ0n) is 29.7. The molecule has 246 valence electrons. The lowest BCUT2D eigenvalue weighted by Gasteiger charge is -2.33. The minimum atomic E-state index is -0.268. The van der Waals surface area contributed by atoms with Crippen LogP contribution in [0.25, 0.3) is 88.5 Å². The minimum Gasteiger partial charge on any atom is -0.456 e. The zero-order valence-corrected chi connectivity index (χ0v) is 29.7. The van der Waals surface area contributed by atoms with Crippen LogP contribution in [0.15, 0.2) is 114 Å². The van der Waals surface area contributed by atoms with Gasteiger partial charge in [-0.25, -0.2) is 9.97 Å². The van der Waals surface area contributed by atoms with Gasteiger partial charge in [-0.15, -0.1) is 0 Å². The van der Waals surface area contributed by atoms with Crippen LogP contribution in [0.4, 0.5) is 0 Å². The highest BCUT2D eigenvalue weighted by atomic mass is 16.3. The van der Waals surface area contributed by atoms with Gasteiger partial charge >= 0.3 is 0 Å². The molecule has 0 saturated heterocycles. The van der Waals surface area contributed by atoms with E-state index in [1.165, 1.54) is 71.5 Å². The molecule has 4 aromatic heterocycles. The number of furan rings is 1. The average molecular weight is 669 g/mol. The van der Waals surface area contributed by atoms with Crippen LogP contribution < -0.4 is 16.4 Å². The van der Waals surface area contributed by atoms with Gasteiger partial charge in [0.25, 0.3) is 6.71 Å². The molecule has 0 amide bonds. The van der Waals surface area contributed by atoms with Crippen molar-refractivity contribution in [3.8, 4) is 28.2 Å². The molecular formula is C46H33BN4O. The van der Waals surface area contributed by atoms with Crippen LogP contribution in [0, 0.1) is 13.8 Å². The Morgan fingerprint density at radius 1 is 0.673 bits per heavy atom. The number of hydrogen-bond donors (Lipinski definition) is 0. The molecule has 0 aliphatic carbocycles. The average Bonchev–Trinajstić information content (AvgIpc) is 3.79. The van der Waals surface area contributed by atoms with Crippen molar-refractivity contribution in [1.29, 1.82) is 0 Å². The molecule has 52 heavy (non-hydrogen) atoms. The van der Waals surface area contributed by atoms with E-state index < -0.39 is 0 Å². The summed E-state index contributed by atoms with van der Waals surface area (Å²) in [6, 6.07) is 40.0. The molecule has 0 unspecified atom stereocenters. The number of para-hydroxylation sites is 1. The quantitative estimate of drug-likeness (QED) is 0.164. The molecule has 6 heterocycles. The molecule has 10 aromatic rings. The Hall–Kier alpha value is -6.14. The van der Waals surface area contributed by atoms with E-state index in [0.29, 0.717) is 0 Å². The van der Waals surface area contributed by atoms with Crippen LogP contribution in [0.5, 0.6) is 0 Å². The number of benzene rings is 6. The summed E-state index contributed by atoms with van der Waals surface area (Å²) in [4.78, 5) is 11.1. The van der Waals surface area contributed by atoms with Crippen molar-refractivity contribution in [2.75, 3.05) is 0 Å². The summed E-state index contributed by atoms with van der Waals surface area (Å²) in [5.41, 5.74) is 17.3. The highest BCUT2D eigenvalue weighted by Crippen LogP contribution is 2.43. The van der Waals surface area contributed by atoms with Gasteiger partial charge in [0.05, 0.1) is 27.6 Å². The van der Waals surface area contributed by atoms with Crippen molar-refractivity contribution in [2.24, 2.45) is 0 Å². The number of imidazole rings is 1. The van der Waals surface area contributed by atoms with Gasteiger partial charge in [-0.05, 0) is 87.5 Å². The van der Waals surface area contributed by atoms with Crippen LogP contribution in [-0.2, 0) is 5.41 Å². The molecular weight excluding hydrogens is 635 g/mol. The topological polar surface area (TPSA) is 48.3 Å². The van der Waals surface area contributed by atoms with Gasteiger partial charge in [0.1, 0.15) is 28.5 Å². The molecule has 5 nitrogen and oxygen atoms in total. The van der Waals surface area contributed by atoms with E-state index in [0.717, 1.165) is 50.3 Å². The van der Waals surface area contributed by atoms with E-state index in [9.17, 15) is 0 Å². The molecule has 12 rings (SSSR count). The third-order valence-electron chi connectivity index (χ3n) is 11.8. The monoisotopic (exact) mass is 668 g/mol. The van der Waals surface area contributed by atoms with Gasteiger partial charge in [0.15, 0.2) is 0 Å². The maximum absolute atomic E-state index is 6.54. The van der Waals surface area contributed by atoms with Crippen molar-refractivity contribution in [1.82, 2.24) is 18.9 Å². The highest BCUT2D eigenvalue weighted by Gasteiger charge is 2.44. The maximum Gasteiger partial charge on any atom is 0.255 e. The first kappa shape index (κ1) is 28.5. The molecule has 0 fully saturated rings. The third-order valence-corrected chi connectivity index (χ3v) is 11.8. The summed E-state index contributed by atoms with van der Waals surface area (Å²) in [6.07, 6.45) is 0. The lowest BCUT2D eigenvalue weighted by Crippen LogP contribution is -2.59. The van der Waals surface area contributed by atoms with E-state index in [1.807, 2.05) is 0 Å². The second kappa shape index (κ2) is 9.39. The van der Waals surface area contributed by atoms with Gasteiger partial charge in [-0.3, -0.25) is 8.97 Å². The Balaban J connectivity index is 1.36. The van der Waals surface area contributed by atoms with Crippen LogP contribution in [0.1, 0.15) is 37.7 Å². The molecule has 6 heteroatoms. The van der Waals surface area contributed by atoms with E-state index in [4.69, 9.17) is 14.4 Å². The number of rotatable bonds is 1. The minimum absolute atomic E-state index is 0.0374. The second-order valence-electron chi connectivity index (χ2n) is 15.9. The molecule has 2 aliphatic rings. The Morgan fingerprint density at radius 2 is 1.46 bits per heavy atom. The van der Waals surface area contributed by atoms with Crippen LogP contribution in [-0.4, -0.2) is 25.6 Å². The maximum atomic E-state index is 6.54. The van der Waals surface area contributed by atoms with E-state index in [2.05, 4.69) is 153 Å². The fourth-order valence-corrected chi connectivity index (χ4v) is 9.68. The Morgan fingerprint density at radius 3 is 2.29 bits per heavy atom. The fourth-order valence-electron chi connectivity index (χ4n) is 9.68. The smallest absolute Gasteiger partial charge is 0.255 e. The molecule has 0 N–H and O–H groups in total. The Kier molecular flexibility index (Phi) is 5.16. The van der Waals surface area contributed by atoms with Gasteiger partial charge in [0.2, 0.25) is 0 Å². The first-order valence-corrected chi connectivity index (χ1v) is 18.2. The van der Waals surface area contributed by atoms with Gasteiger partial charge in [-0.2, -0.15) is 0 Å². The van der Waals surface area contributed by atoms with Gasteiger partial charge in [-0.1, -0.05) is 111 Å². The molecule has 0 saturated carbocycles. The molecule has 0 radical (unpaired) electrons. The number of aromatic nitrogens is 4. The number of hydrogen-bond acceptors (Lipinski definition) is 3. The van der Waals surface area contributed by atoms with Crippen molar-refractivity contribution >= 4 is 83.4 Å². The standard InChI is InChI=1S/C46H33BN4O/c1-24-11-8-12-25(2)36(24)27-19-20-28-33(23-27)50-32-21-22-35-38(29-15-6-7-18-34(29)52-35)42(32)51-43-40-41(48-45(49-43)46(3,4)5)30-16-9-13-26-14-10-17-31(37(26)30)47(40)39(28)44(50)51/h6-23H,1-5H3. The molecule has 0 bridgehead atoms. The van der Waals surface area contributed by atoms with Crippen LogP contribution in [0.2, 0.25) is 0 Å². The summed E-state index contributed by atoms with van der Waals surface area (Å²) in [5, 5.41) is 6.02. The Bertz CT molecular complexity index is 3240. The largest absolute Gasteiger partial charge is 0.456 e.